The van der Waals surface area contributed by atoms with Crippen LogP contribution in [0, 0.1) is 0 Å². The lowest BCUT2D eigenvalue weighted by Crippen LogP contribution is -2.13. The molecule has 2 aromatic carbocycles. The van der Waals surface area contributed by atoms with Gasteiger partial charge in [-0.15, -0.1) is 0 Å². The molecule has 0 atom stereocenters. The predicted molar refractivity (Wildman–Crippen MR) is 102 cm³/mol. The van der Waals surface area contributed by atoms with Gasteiger partial charge in [0.05, 0.1) is 17.6 Å². The normalized spacial score (nSPS) is 13.3. The molecule has 2 aromatic rings. The number of allylic oxidation sites excluding steroid dienone is 1. The Morgan fingerprint density at radius 3 is 2.33 bits per heavy atom. The van der Waals surface area contributed by atoms with Crippen LogP contribution in [0.3, 0.4) is 0 Å². The number of fused-ring (bicyclic) bond motifs is 1. The van der Waals surface area contributed by atoms with Crippen molar-refractivity contribution in [1.29, 1.82) is 0 Å². The van der Waals surface area contributed by atoms with Gasteiger partial charge in [-0.1, -0.05) is 18.2 Å². The number of esters is 1. The largest absolute Gasteiger partial charge is 0.497 e. The minimum atomic E-state index is -3.80. The van der Waals surface area contributed by atoms with Crippen LogP contribution in [0.15, 0.2) is 65.1 Å². The first kappa shape index (κ1) is 18.9. The summed E-state index contributed by atoms with van der Waals surface area (Å²) in [6.45, 7) is 5.85. The third-order valence-electron chi connectivity index (χ3n) is 4.38. The summed E-state index contributed by atoms with van der Waals surface area (Å²) < 4.78 is 33.2. The van der Waals surface area contributed by atoms with Gasteiger partial charge in [0.15, 0.2) is 0 Å². The maximum Gasteiger partial charge on any atom is 0.343 e. The SMILES string of the molecule is C=C(C(=O)Oc1ccc(S(N)(=O)=O)cc1)C1=C(C)Cc2ccc(OC)cc21. The number of primary sulfonamides is 1. The lowest BCUT2D eigenvalue weighted by atomic mass is 9.98. The van der Waals surface area contributed by atoms with E-state index < -0.39 is 16.0 Å². The molecule has 0 spiro atoms. The van der Waals surface area contributed by atoms with Crippen molar-refractivity contribution in [3.8, 4) is 11.5 Å². The van der Waals surface area contributed by atoms with E-state index in [1.165, 1.54) is 24.3 Å². The summed E-state index contributed by atoms with van der Waals surface area (Å²) in [5.74, 6) is 0.291. The van der Waals surface area contributed by atoms with E-state index >= 15 is 0 Å². The Kier molecular flexibility index (Phi) is 4.91. The van der Waals surface area contributed by atoms with Crippen molar-refractivity contribution in [2.24, 2.45) is 5.14 Å². The topological polar surface area (TPSA) is 95.7 Å². The molecule has 2 N–H and O–H groups in total. The minimum absolute atomic E-state index is 0.0588. The summed E-state index contributed by atoms with van der Waals surface area (Å²) in [5, 5.41) is 5.06. The number of carbonyl (C=O) groups is 1. The highest BCUT2D eigenvalue weighted by molar-refractivity contribution is 7.89. The number of nitrogens with two attached hydrogens (primary N) is 1. The van der Waals surface area contributed by atoms with E-state index in [1.54, 1.807) is 7.11 Å². The van der Waals surface area contributed by atoms with Crippen LogP contribution in [0.2, 0.25) is 0 Å². The Labute approximate surface area is 158 Å². The van der Waals surface area contributed by atoms with Crippen molar-refractivity contribution in [3.63, 3.8) is 0 Å². The van der Waals surface area contributed by atoms with Gasteiger partial charge in [-0.05, 0) is 66.4 Å². The van der Waals surface area contributed by atoms with Crippen LogP contribution in [-0.4, -0.2) is 21.5 Å². The molecule has 1 aliphatic carbocycles. The number of methoxy groups -OCH3 is 1. The Morgan fingerprint density at radius 1 is 1.11 bits per heavy atom. The molecule has 0 unspecified atom stereocenters. The molecule has 1 aliphatic rings. The number of hydrogen-bond acceptors (Lipinski definition) is 5. The summed E-state index contributed by atoms with van der Waals surface area (Å²) in [6, 6.07) is 11.0. The van der Waals surface area contributed by atoms with Crippen molar-refractivity contribution in [3.05, 3.63) is 71.3 Å². The molecule has 0 saturated heterocycles. The number of benzene rings is 2. The van der Waals surface area contributed by atoms with Crippen molar-refractivity contribution in [2.75, 3.05) is 7.11 Å². The van der Waals surface area contributed by atoms with Crippen LogP contribution in [0.1, 0.15) is 18.1 Å². The van der Waals surface area contributed by atoms with Gasteiger partial charge in [-0.2, -0.15) is 0 Å². The Hall–Kier alpha value is -2.90. The second kappa shape index (κ2) is 7.02. The van der Waals surface area contributed by atoms with Gasteiger partial charge in [-0.25, -0.2) is 18.4 Å². The maximum atomic E-state index is 12.6. The number of ether oxygens (including phenoxy) is 2. The molecule has 6 nitrogen and oxygen atoms in total. The predicted octanol–water partition coefficient (Wildman–Crippen LogP) is 2.83. The maximum absolute atomic E-state index is 12.6. The summed E-state index contributed by atoms with van der Waals surface area (Å²) in [5.41, 5.74) is 3.99. The molecular formula is C20H19NO5S. The van der Waals surface area contributed by atoms with Crippen LogP contribution in [0.25, 0.3) is 5.57 Å². The molecule has 140 valence electrons. The zero-order valence-electron chi connectivity index (χ0n) is 15.0. The molecule has 0 amide bonds. The van der Waals surface area contributed by atoms with Gasteiger partial charge in [0.1, 0.15) is 11.5 Å². The molecule has 3 rings (SSSR count). The van der Waals surface area contributed by atoms with E-state index in [1.807, 2.05) is 25.1 Å². The molecule has 0 aromatic heterocycles. The fraction of sp³-hybridized carbons (Fsp3) is 0.150. The zero-order chi connectivity index (χ0) is 19.8. The van der Waals surface area contributed by atoms with Crippen LogP contribution in [0.4, 0.5) is 0 Å². The molecule has 0 heterocycles. The standard InChI is InChI=1S/C20H19NO5S/c1-12-10-14-4-5-16(25-3)11-18(14)19(12)13(2)20(22)26-15-6-8-17(9-7-15)27(21,23)24/h4-9,11H,2,10H2,1,3H3,(H2,21,23,24). The second-order valence-corrected chi connectivity index (χ2v) is 7.80. The molecule has 7 heteroatoms. The quantitative estimate of drug-likeness (QED) is 0.485. The number of carbonyl (C=O) groups excluding carboxylic acids is 1. The Balaban J connectivity index is 1.83. The van der Waals surface area contributed by atoms with E-state index in [0.29, 0.717) is 5.75 Å². The fourth-order valence-corrected chi connectivity index (χ4v) is 3.58. The van der Waals surface area contributed by atoms with Gasteiger partial charge in [-0.3, -0.25) is 0 Å². The zero-order valence-corrected chi connectivity index (χ0v) is 15.8. The van der Waals surface area contributed by atoms with Crippen LogP contribution < -0.4 is 14.6 Å². The van der Waals surface area contributed by atoms with E-state index in [9.17, 15) is 13.2 Å². The smallest absolute Gasteiger partial charge is 0.343 e. The first-order valence-corrected chi connectivity index (χ1v) is 9.66. The van der Waals surface area contributed by atoms with Gasteiger partial charge in [0.25, 0.3) is 0 Å². The molecule has 0 bridgehead atoms. The van der Waals surface area contributed by atoms with E-state index in [0.717, 1.165) is 28.7 Å². The third kappa shape index (κ3) is 3.79. The Bertz CT molecular complexity index is 1070. The van der Waals surface area contributed by atoms with Crippen molar-refractivity contribution >= 4 is 21.6 Å². The van der Waals surface area contributed by atoms with Crippen molar-refractivity contribution in [1.82, 2.24) is 0 Å². The van der Waals surface area contributed by atoms with Gasteiger partial charge in [0.2, 0.25) is 10.0 Å². The second-order valence-electron chi connectivity index (χ2n) is 6.24. The number of sulfonamides is 1. The van der Waals surface area contributed by atoms with E-state index in [-0.39, 0.29) is 16.2 Å². The van der Waals surface area contributed by atoms with Gasteiger partial charge >= 0.3 is 5.97 Å². The lowest BCUT2D eigenvalue weighted by molar-refractivity contribution is -0.129. The van der Waals surface area contributed by atoms with Crippen molar-refractivity contribution in [2.45, 2.75) is 18.2 Å². The summed E-state index contributed by atoms with van der Waals surface area (Å²) in [6.07, 6.45) is 0.726. The summed E-state index contributed by atoms with van der Waals surface area (Å²) >= 11 is 0. The van der Waals surface area contributed by atoms with Crippen LogP contribution in [0.5, 0.6) is 11.5 Å². The fourth-order valence-electron chi connectivity index (χ4n) is 3.06. The highest BCUT2D eigenvalue weighted by Crippen LogP contribution is 2.39. The molecule has 0 radical (unpaired) electrons. The molecule has 27 heavy (non-hydrogen) atoms. The van der Waals surface area contributed by atoms with Gasteiger partial charge in [0, 0.05) is 0 Å². The average Bonchev–Trinajstić information content (AvgIpc) is 2.95. The minimum Gasteiger partial charge on any atom is -0.497 e. The third-order valence-corrected chi connectivity index (χ3v) is 5.31. The summed E-state index contributed by atoms with van der Waals surface area (Å²) in [4.78, 5) is 12.5. The Morgan fingerprint density at radius 2 is 1.74 bits per heavy atom. The van der Waals surface area contributed by atoms with Crippen molar-refractivity contribution < 1.29 is 22.7 Å². The van der Waals surface area contributed by atoms with Crippen LogP contribution in [-0.2, 0) is 21.2 Å². The van der Waals surface area contributed by atoms with E-state index in [4.69, 9.17) is 14.6 Å². The first-order valence-electron chi connectivity index (χ1n) is 8.12. The monoisotopic (exact) mass is 385 g/mol. The highest BCUT2D eigenvalue weighted by atomic mass is 32.2. The van der Waals surface area contributed by atoms with Gasteiger partial charge < -0.3 is 9.47 Å². The average molecular weight is 385 g/mol. The molecule has 0 fully saturated rings. The van der Waals surface area contributed by atoms with Crippen LogP contribution >= 0.6 is 0 Å². The number of hydrogen-bond donors (Lipinski definition) is 1. The molecular weight excluding hydrogens is 366 g/mol. The highest BCUT2D eigenvalue weighted by Gasteiger charge is 2.26. The molecule has 0 saturated carbocycles. The lowest BCUT2D eigenvalue weighted by Gasteiger charge is -2.11. The number of rotatable bonds is 5. The summed E-state index contributed by atoms with van der Waals surface area (Å²) in [7, 11) is -2.22. The molecule has 0 aliphatic heterocycles. The first-order chi connectivity index (χ1) is 12.7. The van der Waals surface area contributed by atoms with E-state index in [2.05, 4.69) is 6.58 Å².